The van der Waals surface area contributed by atoms with Gasteiger partial charge in [0.1, 0.15) is 11.2 Å². The molecule has 0 atom stereocenters. The van der Waals surface area contributed by atoms with E-state index < -0.39 is 0 Å². The van der Waals surface area contributed by atoms with Gasteiger partial charge in [0.25, 0.3) is 0 Å². The lowest BCUT2D eigenvalue weighted by Gasteiger charge is -2.50. The molecule has 0 saturated carbocycles. The molecule has 0 amide bonds. The van der Waals surface area contributed by atoms with E-state index in [4.69, 9.17) is 4.42 Å². The molecule has 280 valence electrons. The first-order valence-corrected chi connectivity index (χ1v) is 21.5. The Balaban J connectivity index is 1.18. The average Bonchev–Trinajstić information content (AvgIpc) is 3.64. The molecule has 5 heteroatoms. The average molecular weight is 775 g/mol. The summed E-state index contributed by atoms with van der Waals surface area (Å²) in [6, 6.07) is 61.1. The van der Waals surface area contributed by atoms with Crippen LogP contribution in [0.2, 0.25) is 0 Å². The van der Waals surface area contributed by atoms with Gasteiger partial charge in [0.15, 0.2) is 0 Å². The van der Waals surface area contributed by atoms with Gasteiger partial charge in [-0.05, 0) is 98.4 Å². The maximum absolute atomic E-state index is 6.91. The van der Waals surface area contributed by atoms with Gasteiger partial charge in [-0.3, -0.25) is 0 Å². The molecule has 4 aliphatic heterocycles. The molecule has 4 aliphatic rings. The normalized spacial score (nSPS) is 15.9. The van der Waals surface area contributed by atoms with E-state index in [0.717, 1.165) is 16.6 Å². The Kier molecular flexibility index (Phi) is 6.60. The lowest BCUT2D eigenvalue weighted by atomic mass is 9.42. The van der Waals surface area contributed by atoms with Crippen molar-refractivity contribution in [1.29, 1.82) is 0 Å². The third kappa shape index (κ3) is 4.36. The second kappa shape index (κ2) is 11.6. The standard InChI is InChI=1S/C54H39BN2OS/c1-53(2)38-18-9-11-22-43(38)56-51-40(53)20-14-21-42(51)55-50-37(29-46-49(52(50)56)35-17-8-12-23-45(35)58-46)36-30-48-41(54(3,4)39-19-10-13-24-47(39)59-48)31-44(36)57(55)34-27-25-33(26-28-34)32-15-6-5-7-16-32/h5-31H,1-4H3. The summed E-state index contributed by atoms with van der Waals surface area (Å²) < 4.78 is 6.91. The van der Waals surface area contributed by atoms with Gasteiger partial charge in [-0.1, -0.05) is 155 Å². The first-order chi connectivity index (χ1) is 28.8. The summed E-state index contributed by atoms with van der Waals surface area (Å²) >= 11 is 1.90. The minimum Gasteiger partial charge on any atom is -0.456 e. The maximum atomic E-state index is 6.91. The van der Waals surface area contributed by atoms with E-state index in [2.05, 4.69) is 201 Å². The monoisotopic (exact) mass is 774 g/mol. The van der Waals surface area contributed by atoms with Crippen LogP contribution in [0, 0.1) is 0 Å². The van der Waals surface area contributed by atoms with Crippen LogP contribution >= 0.6 is 11.8 Å². The molecule has 8 aromatic carbocycles. The smallest absolute Gasteiger partial charge is 0.333 e. The van der Waals surface area contributed by atoms with Crippen molar-refractivity contribution >= 4 is 79.9 Å². The SMILES string of the molecule is CC1(C)c2ccccc2Sc2cc3c(cc21)N(c1ccc(-c2ccccc2)cc1)B1c2cccc4c2N(c2ccccc2C4(C)C)c2c1c-3cc1oc3ccccc3c21. The zero-order valence-corrected chi connectivity index (χ0v) is 34.2. The maximum Gasteiger partial charge on any atom is 0.333 e. The predicted octanol–water partition coefficient (Wildman–Crippen LogP) is 13.4. The summed E-state index contributed by atoms with van der Waals surface area (Å²) in [6.07, 6.45) is 0. The summed E-state index contributed by atoms with van der Waals surface area (Å²) in [5, 5.41) is 2.32. The summed E-state index contributed by atoms with van der Waals surface area (Å²) in [5.74, 6) is 0. The van der Waals surface area contributed by atoms with Crippen LogP contribution in [0.25, 0.3) is 44.2 Å². The zero-order chi connectivity index (χ0) is 39.4. The highest BCUT2D eigenvalue weighted by Crippen LogP contribution is 2.59. The molecule has 0 radical (unpaired) electrons. The highest BCUT2D eigenvalue weighted by atomic mass is 32.2. The first-order valence-electron chi connectivity index (χ1n) is 20.7. The molecule has 13 rings (SSSR count). The van der Waals surface area contributed by atoms with Gasteiger partial charge in [0.05, 0.1) is 16.8 Å². The molecular weight excluding hydrogens is 735 g/mol. The Hall–Kier alpha value is -6.43. The van der Waals surface area contributed by atoms with E-state index in [-0.39, 0.29) is 17.7 Å². The predicted molar refractivity (Wildman–Crippen MR) is 248 cm³/mol. The highest BCUT2D eigenvalue weighted by Gasteiger charge is 2.51. The number of anilines is 5. The van der Waals surface area contributed by atoms with E-state index >= 15 is 0 Å². The lowest BCUT2D eigenvalue weighted by Crippen LogP contribution is -2.62. The molecule has 1 aromatic heterocycles. The topological polar surface area (TPSA) is 19.6 Å². The van der Waals surface area contributed by atoms with Gasteiger partial charge in [0.2, 0.25) is 0 Å². The van der Waals surface area contributed by atoms with Crippen LogP contribution in [0.5, 0.6) is 0 Å². The van der Waals surface area contributed by atoms with Crippen molar-refractivity contribution in [1.82, 2.24) is 0 Å². The van der Waals surface area contributed by atoms with Crippen molar-refractivity contribution < 1.29 is 4.42 Å². The molecule has 59 heavy (non-hydrogen) atoms. The van der Waals surface area contributed by atoms with Gasteiger partial charge in [-0.25, -0.2) is 0 Å². The van der Waals surface area contributed by atoms with Crippen molar-refractivity contribution in [2.24, 2.45) is 0 Å². The Labute approximate surface area is 349 Å². The number of nitrogens with zero attached hydrogens (tertiary/aromatic N) is 2. The number of hydrogen-bond donors (Lipinski definition) is 0. The van der Waals surface area contributed by atoms with E-state index in [1.807, 2.05) is 11.8 Å². The fourth-order valence-electron chi connectivity index (χ4n) is 11.0. The van der Waals surface area contributed by atoms with Crippen molar-refractivity contribution in [3.05, 3.63) is 186 Å². The van der Waals surface area contributed by atoms with Crippen LogP contribution in [-0.4, -0.2) is 6.85 Å². The van der Waals surface area contributed by atoms with Crippen LogP contribution < -0.4 is 20.6 Å². The third-order valence-corrected chi connectivity index (χ3v) is 15.0. The van der Waals surface area contributed by atoms with E-state index in [1.165, 1.54) is 99.0 Å². The Bertz CT molecular complexity index is 3270. The molecule has 0 saturated heterocycles. The number of para-hydroxylation sites is 3. The molecule has 0 spiro atoms. The summed E-state index contributed by atoms with van der Waals surface area (Å²) in [4.78, 5) is 7.92. The first kappa shape index (κ1) is 33.5. The molecule has 5 heterocycles. The lowest BCUT2D eigenvalue weighted by molar-refractivity contribution is 0.607. The van der Waals surface area contributed by atoms with Crippen LogP contribution in [0.4, 0.5) is 28.4 Å². The minimum absolute atomic E-state index is 0.106. The van der Waals surface area contributed by atoms with Crippen LogP contribution in [0.1, 0.15) is 49.9 Å². The van der Waals surface area contributed by atoms with E-state index in [0.29, 0.717) is 0 Å². The molecule has 9 aromatic rings. The molecule has 0 fully saturated rings. The number of rotatable bonds is 2. The Morgan fingerprint density at radius 1 is 0.508 bits per heavy atom. The molecule has 0 N–H and O–H groups in total. The number of fused-ring (bicyclic) bond motifs is 12. The minimum atomic E-state index is -0.215. The van der Waals surface area contributed by atoms with E-state index in [1.54, 1.807) is 0 Å². The zero-order valence-electron chi connectivity index (χ0n) is 33.4. The number of benzene rings is 8. The van der Waals surface area contributed by atoms with Gasteiger partial charge in [-0.15, -0.1) is 0 Å². The van der Waals surface area contributed by atoms with Crippen molar-refractivity contribution in [3.8, 4) is 22.3 Å². The van der Waals surface area contributed by atoms with Crippen LogP contribution in [0.3, 0.4) is 0 Å². The van der Waals surface area contributed by atoms with Gasteiger partial charge < -0.3 is 14.1 Å². The number of furan rings is 1. The van der Waals surface area contributed by atoms with Gasteiger partial charge in [-0.2, -0.15) is 0 Å². The molecule has 0 bridgehead atoms. The molecular formula is C54H39BN2OS. The van der Waals surface area contributed by atoms with Crippen molar-refractivity contribution in [2.45, 2.75) is 48.3 Å². The Morgan fingerprint density at radius 2 is 1.20 bits per heavy atom. The van der Waals surface area contributed by atoms with Crippen LogP contribution in [0.15, 0.2) is 178 Å². The van der Waals surface area contributed by atoms with Gasteiger partial charge in [0, 0.05) is 48.6 Å². The Morgan fingerprint density at radius 3 is 2.05 bits per heavy atom. The molecule has 0 unspecified atom stereocenters. The van der Waals surface area contributed by atoms with Gasteiger partial charge >= 0.3 is 6.85 Å². The molecule has 3 nitrogen and oxygen atoms in total. The molecule has 0 aliphatic carbocycles. The fraction of sp³-hybridized carbons (Fsp3) is 0.111. The number of hydrogen-bond acceptors (Lipinski definition) is 4. The second-order valence-corrected chi connectivity index (χ2v) is 18.7. The summed E-state index contributed by atoms with van der Waals surface area (Å²) in [6.45, 7) is 9.48. The highest BCUT2D eigenvalue weighted by molar-refractivity contribution is 7.99. The summed E-state index contributed by atoms with van der Waals surface area (Å²) in [7, 11) is 0. The van der Waals surface area contributed by atoms with E-state index in [9.17, 15) is 0 Å². The largest absolute Gasteiger partial charge is 0.456 e. The van der Waals surface area contributed by atoms with Crippen molar-refractivity contribution in [2.75, 3.05) is 9.71 Å². The fourth-order valence-corrected chi connectivity index (χ4v) is 12.4. The van der Waals surface area contributed by atoms with Crippen LogP contribution in [-0.2, 0) is 10.8 Å². The second-order valence-electron chi connectivity index (χ2n) is 17.7. The quantitative estimate of drug-likeness (QED) is 0.163. The third-order valence-electron chi connectivity index (χ3n) is 13.9. The van der Waals surface area contributed by atoms with Crippen molar-refractivity contribution in [3.63, 3.8) is 0 Å². The summed E-state index contributed by atoms with van der Waals surface area (Å²) in [5.41, 5.74) is 20.5.